The van der Waals surface area contributed by atoms with E-state index in [9.17, 15) is 9.90 Å². The summed E-state index contributed by atoms with van der Waals surface area (Å²) >= 11 is 0. The van der Waals surface area contributed by atoms with Crippen molar-refractivity contribution in [2.75, 3.05) is 7.11 Å². The number of aromatic nitrogens is 1. The molecule has 0 aliphatic carbocycles. The molecule has 0 fully saturated rings. The van der Waals surface area contributed by atoms with Gasteiger partial charge in [0.1, 0.15) is 11.3 Å². The molecule has 2 aromatic rings. The van der Waals surface area contributed by atoms with Gasteiger partial charge >= 0.3 is 5.97 Å². The molecule has 0 radical (unpaired) electrons. The van der Waals surface area contributed by atoms with Gasteiger partial charge in [-0.1, -0.05) is 12.1 Å². The molecule has 1 N–H and O–H groups in total. The van der Waals surface area contributed by atoms with Crippen LogP contribution >= 0.6 is 0 Å². The van der Waals surface area contributed by atoms with Crippen LogP contribution in [0.4, 0.5) is 0 Å². The maximum absolute atomic E-state index is 11.8. The summed E-state index contributed by atoms with van der Waals surface area (Å²) in [6, 6.07) is 10.3. The lowest BCUT2D eigenvalue weighted by atomic mass is 10.1. The number of carbonyl (C=O) groups excluding carboxylic acids is 1. The number of ether oxygens (including phenoxy) is 1. The van der Waals surface area contributed by atoms with Crippen LogP contribution in [0, 0.1) is 20.8 Å². The number of aryl methyl sites for hydroxylation is 2. The zero-order valence-electron chi connectivity index (χ0n) is 15.6. The van der Waals surface area contributed by atoms with Crippen molar-refractivity contribution in [1.29, 1.82) is 0 Å². The van der Waals surface area contributed by atoms with Crippen molar-refractivity contribution in [3.63, 3.8) is 0 Å². The van der Waals surface area contributed by atoms with Gasteiger partial charge in [-0.3, -0.25) is 0 Å². The fourth-order valence-electron chi connectivity index (χ4n) is 3.28. The summed E-state index contributed by atoms with van der Waals surface area (Å²) in [7, 11) is 1.28. The first kappa shape index (κ1) is 17.7. The van der Waals surface area contributed by atoms with Crippen molar-refractivity contribution in [1.82, 2.24) is 4.57 Å². The monoisotopic (exact) mass is 350 g/mol. The SMILES string of the molecule is COC(=O)C1=C(O)C(=Cc2cc(C)n(-c3cccc(C)c3)c2C)N=C1C. The largest absolute Gasteiger partial charge is 0.505 e. The summed E-state index contributed by atoms with van der Waals surface area (Å²) in [6.45, 7) is 7.80. The molecular formula is C21H22N2O3. The highest BCUT2D eigenvalue weighted by atomic mass is 16.5. The molecule has 5 heteroatoms. The quantitative estimate of drug-likeness (QED) is 0.844. The number of benzene rings is 1. The number of hydrogen-bond donors (Lipinski definition) is 1. The third kappa shape index (κ3) is 2.96. The Morgan fingerprint density at radius 2 is 1.92 bits per heavy atom. The van der Waals surface area contributed by atoms with E-state index in [2.05, 4.69) is 34.7 Å². The zero-order valence-corrected chi connectivity index (χ0v) is 15.6. The molecular weight excluding hydrogens is 328 g/mol. The summed E-state index contributed by atoms with van der Waals surface area (Å²) in [6.07, 6.45) is 1.80. The lowest BCUT2D eigenvalue weighted by Gasteiger charge is -2.10. The van der Waals surface area contributed by atoms with E-state index in [1.165, 1.54) is 12.7 Å². The molecule has 1 aromatic heterocycles. The maximum atomic E-state index is 11.8. The Balaban J connectivity index is 2.08. The number of esters is 1. The van der Waals surface area contributed by atoms with E-state index in [1.807, 2.05) is 26.0 Å². The van der Waals surface area contributed by atoms with Gasteiger partial charge in [-0.2, -0.15) is 0 Å². The second kappa shape index (κ2) is 6.67. The molecule has 0 bridgehead atoms. The second-order valence-electron chi connectivity index (χ2n) is 6.44. The van der Waals surface area contributed by atoms with E-state index < -0.39 is 5.97 Å². The predicted octanol–water partition coefficient (Wildman–Crippen LogP) is 4.20. The highest BCUT2D eigenvalue weighted by Gasteiger charge is 2.27. The van der Waals surface area contributed by atoms with E-state index >= 15 is 0 Å². The molecule has 0 spiro atoms. The van der Waals surface area contributed by atoms with Gasteiger partial charge in [0, 0.05) is 17.1 Å². The van der Waals surface area contributed by atoms with Crippen LogP contribution < -0.4 is 0 Å². The minimum absolute atomic E-state index is 0.117. The van der Waals surface area contributed by atoms with Gasteiger partial charge in [0.15, 0.2) is 5.76 Å². The number of aliphatic hydroxyl groups excluding tert-OH is 1. The fourth-order valence-corrected chi connectivity index (χ4v) is 3.28. The van der Waals surface area contributed by atoms with Gasteiger partial charge < -0.3 is 14.4 Å². The Hall–Kier alpha value is -3.08. The standard InChI is InChI=1S/C21H22N2O3/c1-12-7-6-8-17(9-12)23-13(2)10-16(15(23)4)11-18-20(24)19(14(3)22-18)21(25)26-5/h6-11,24H,1-5H3. The van der Waals surface area contributed by atoms with Crippen molar-refractivity contribution in [2.45, 2.75) is 27.7 Å². The van der Waals surface area contributed by atoms with Gasteiger partial charge in [0.05, 0.1) is 12.8 Å². The summed E-state index contributed by atoms with van der Waals surface area (Å²) < 4.78 is 6.88. The molecule has 3 rings (SSSR count). The van der Waals surface area contributed by atoms with Gasteiger partial charge in [0.25, 0.3) is 0 Å². The van der Waals surface area contributed by atoms with Crippen molar-refractivity contribution in [3.8, 4) is 5.69 Å². The highest BCUT2D eigenvalue weighted by molar-refractivity contribution is 6.22. The molecule has 1 aliphatic rings. The third-order valence-electron chi connectivity index (χ3n) is 4.54. The lowest BCUT2D eigenvalue weighted by molar-refractivity contribution is -0.135. The minimum atomic E-state index is -0.586. The van der Waals surface area contributed by atoms with Crippen molar-refractivity contribution < 1.29 is 14.6 Å². The topological polar surface area (TPSA) is 63.8 Å². The van der Waals surface area contributed by atoms with Gasteiger partial charge in [-0.25, -0.2) is 9.79 Å². The summed E-state index contributed by atoms with van der Waals surface area (Å²) in [5, 5.41) is 10.4. The van der Waals surface area contributed by atoms with Crippen LogP contribution in [0.2, 0.25) is 0 Å². The Morgan fingerprint density at radius 1 is 1.19 bits per heavy atom. The number of methoxy groups -OCH3 is 1. The van der Waals surface area contributed by atoms with Crippen molar-refractivity contribution >= 4 is 17.8 Å². The van der Waals surface area contributed by atoms with E-state index in [-0.39, 0.29) is 11.3 Å². The van der Waals surface area contributed by atoms with Crippen LogP contribution in [0.5, 0.6) is 0 Å². The lowest BCUT2D eigenvalue weighted by Crippen LogP contribution is -2.11. The number of aliphatic imine (C=N–C) groups is 1. The summed E-state index contributed by atoms with van der Waals surface area (Å²) in [5.41, 5.74) is 6.27. The van der Waals surface area contributed by atoms with Gasteiger partial charge in [-0.15, -0.1) is 0 Å². The molecule has 0 atom stereocenters. The molecule has 1 aliphatic heterocycles. The number of rotatable bonds is 3. The Kier molecular flexibility index (Phi) is 4.55. The van der Waals surface area contributed by atoms with Crippen LogP contribution in [0.3, 0.4) is 0 Å². The average molecular weight is 350 g/mol. The summed E-state index contributed by atoms with van der Waals surface area (Å²) in [4.78, 5) is 16.1. The van der Waals surface area contributed by atoms with Crippen LogP contribution in [-0.2, 0) is 9.53 Å². The molecule has 134 valence electrons. The van der Waals surface area contributed by atoms with E-state index in [0.29, 0.717) is 11.4 Å². The molecule has 0 saturated carbocycles. The minimum Gasteiger partial charge on any atom is -0.505 e. The molecule has 5 nitrogen and oxygen atoms in total. The molecule has 0 unspecified atom stereocenters. The molecule has 1 aromatic carbocycles. The van der Waals surface area contributed by atoms with Crippen LogP contribution in [0.1, 0.15) is 29.4 Å². The maximum Gasteiger partial charge on any atom is 0.343 e. The van der Waals surface area contributed by atoms with E-state index in [1.54, 1.807) is 13.0 Å². The highest BCUT2D eigenvalue weighted by Crippen LogP contribution is 2.29. The fraction of sp³-hybridized carbons (Fsp3) is 0.238. The van der Waals surface area contributed by atoms with Gasteiger partial charge in [-0.05, 0) is 63.1 Å². The first-order valence-corrected chi connectivity index (χ1v) is 8.38. The molecule has 2 heterocycles. The number of carbonyl (C=O) groups is 1. The van der Waals surface area contributed by atoms with E-state index in [4.69, 9.17) is 4.74 Å². The molecule has 0 saturated heterocycles. The second-order valence-corrected chi connectivity index (χ2v) is 6.44. The predicted molar refractivity (Wildman–Crippen MR) is 103 cm³/mol. The number of nitrogens with zero attached hydrogens (tertiary/aromatic N) is 2. The van der Waals surface area contributed by atoms with Crippen LogP contribution in [0.15, 0.2) is 52.4 Å². The average Bonchev–Trinajstić information content (AvgIpc) is 3.03. The number of hydrogen-bond acceptors (Lipinski definition) is 4. The van der Waals surface area contributed by atoms with E-state index in [0.717, 1.165) is 22.6 Å². The summed E-state index contributed by atoms with van der Waals surface area (Å²) in [5.74, 6) is -0.730. The van der Waals surface area contributed by atoms with Crippen LogP contribution in [-0.4, -0.2) is 28.5 Å². The molecule has 0 amide bonds. The van der Waals surface area contributed by atoms with Crippen molar-refractivity contribution in [2.24, 2.45) is 4.99 Å². The Bertz CT molecular complexity index is 991. The first-order chi connectivity index (χ1) is 12.3. The van der Waals surface area contributed by atoms with Crippen LogP contribution in [0.25, 0.3) is 11.8 Å². The number of aliphatic hydroxyl groups is 1. The third-order valence-corrected chi connectivity index (χ3v) is 4.54. The normalized spacial score (nSPS) is 15.6. The first-order valence-electron chi connectivity index (χ1n) is 8.38. The molecule has 26 heavy (non-hydrogen) atoms. The Labute approximate surface area is 153 Å². The smallest absolute Gasteiger partial charge is 0.343 e. The Morgan fingerprint density at radius 3 is 2.58 bits per heavy atom. The van der Waals surface area contributed by atoms with Gasteiger partial charge in [0.2, 0.25) is 0 Å². The zero-order chi connectivity index (χ0) is 19.0. The van der Waals surface area contributed by atoms with Crippen molar-refractivity contribution in [3.05, 3.63) is 69.9 Å².